The molecule has 1 rings (SSSR count). The van der Waals surface area contributed by atoms with E-state index in [1.807, 2.05) is 26.0 Å². The van der Waals surface area contributed by atoms with Gasteiger partial charge in [-0.15, -0.1) is 16.8 Å². The van der Waals surface area contributed by atoms with E-state index in [0.717, 1.165) is 24.3 Å². The minimum absolute atomic E-state index is 0.298. The first-order valence-corrected chi connectivity index (χ1v) is 7.23. The molecule has 6 heteroatoms. The molecule has 0 aliphatic heterocycles. The molecule has 0 bridgehead atoms. The summed E-state index contributed by atoms with van der Waals surface area (Å²) in [6.07, 6.45) is 3.16. The van der Waals surface area contributed by atoms with Crippen molar-refractivity contribution in [3.05, 3.63) is 24.4 Å². The highest BCUT2D eigenvalue weighted by molar-refractivity contribution is 5.42. The Hall–Kier alpha value is -1.66. The number of ether oxygens (including phenoxy) is 3. The van der Waals surface area contributed by atoms with Gasteiger partial charge in [-0.1, -0.05) is 6.08 Å². The number of allylic oxidation sites excluding steroid dienone is 1. The average Bonchev–Trinajstić information content (AvgIpc) is 2.51. The largest absolute Gasteiger partial charge is 0.495 e. The summed E-state index contributed by atoms with van der Waals surface area (Å²) in [7, 11) is 1.63. The fraction of sp³-hybridized carbons (Fsp3) is 0.600. The number of rotatable bonds is 11. The van der Waals surface area contributed by atoms with Crippen LogP contribution in [0.3, 0.4) is 0 Å². The van der Waals surface area contributed by atoms with Crippen molar-refractivity contribution in [2.24, 2.45) is 0 Å². The summed E-state index contributed by atoms with van der Waals surface area (Å²) in [6, 6.07) is 1.83. The van der Waals surface area contributed by atoms with E-state index in [2.05, 4.69) is 22.1 Å². The lowest BCUT2D eigenvalue weighted by molar-refractivity contribution is -0.126. The molecule has 0 fully saturated rings. The van der Waals surface area contributed by atoms with Crippen molar-refractivity contribution in [2.45, 2.75) is 33.0 Å². The fourth-order valence-corrected chi connectivity index (χ4v) is 1.80. The molecule has 118 valence electrons. The number of nitrogens with zero attached hydrogens (tertiary/aromatic N) is 2. The van der Waals surface area contributed by atoms with Gasteiger partial charge in [-0.25, -0.2) is 0 Å². The van der Waals surface area contributed by atoms with Crippen LogP contribution in [0.15, 0.2) is 18.7 Å². The third kappa shape index (κ3) is 6.10. The lowest BCUT2D eigenvalue weighted by Crippen LogP contribution is -2.26. The zero-order chi connectivity index (χ0) is 15.5. The van der Waals surface area contributed by atoms with E-state index in [4.69, 9.17) is 14.2 Å². The third-order valence-electron chi connectivity index (χ3n) is 2.79. The van der Waals surface area contributed by atoms with Crippen molar-refractivity contribution in [3.8, 4) is 5.75 Å². The number of aryl methyl sites for hydroxylation is 1. The van der Waals surface area contributed by atoms with E-state index in [1.54, 1.807) is 7.11 Å². The summed E-state index contributed by atoms with van der Waals surface area (Å²) < 4.78 is 16.3. The van der Waals surface area contributed by atoms with Crippen molar-refractivity contribution in [3.63, 3.8) is 0 Å². The van der Waals surface area contributed by atoms with Crippen LogP contribution >= 0.6 is 0 Å². The number of anilines is 1. The Balaban J connectivity index is 2.64. The van der Waals surface area contributed by atoms with Crippen LogP contribution in [0, 0.1) is 0 Å². The highest BCUT2D eigenvalue weighted by atomic mass is 16.7. The highest BCUT2D eigenvalue weighted by Gasteiger charge is 2.10. The van der Waals surface area contributed by atoms with Gasteiger partial charge >= 0.3 is 0 Å². The molecule has 0 saturated heterocycles. The van der Waals surface area contributed by atoms with Crippen molar-refractivity contribution < 1.29 is 14.2 Å². The van der Waals surface area contributed by atoms with Gasteiger partial charge in [0.2, 0.25) is 0 Å². The van der Waals surface area contributed by atoms with Crippen LogP contribution < -0.4 is 10.1 Å². The van der Waals surface area contributed by atoms with E-state index in [0.29, 0.717) is 25.6 Å². The normalized spacial score (nSPS) is 10.7. The van der Waals surface area contributed by atoms with E-state index < -0.39 is 0 Å². The van der Waals surface area contributed by atoms with Crippen LogP contribution in [0.2, 0.25) is 0 Å². The summed E-state index contributed by atoms with van der Waals surface area (Å²) in [4.78, 5) is 0. The number of nitrogens with one attached hydrogen (secondary N) is 1. The van der Waals surface area contributed by atoms with Crippen molar-refractivity contribution in [1.82, 2.24) is 10.2 Å². The second-order valence-corrected chi connectivity index (χ2v) is 4.29. The Labute approximate surface area is 126 Å². The molecule has 0 spiro atoms. The van der Waals surface area contributed by atoms with Crippen LogP contribution in [-0.2, 0) is 15.9 Å². The molecule has 1 aromatic rings. The molecule has 0 saturated carbocycles. The Morgan fingerprint density at radius 3 is 2.57 bits per heavy atom. The van der Waals surface area contributed by atoms with E-state index >= 15 is 0 Å². The summed E-state index contributed by atoms with van der Waals surface area (Å²) >= 11 is 0. The standard InChI is InChI=1S/C15H25N3O3/c1-5-8-9-12-13(19-4)10-14(18-17-12)16-11-15(20-6-2)21-7-3/h5,10,15H,1,6-9,11H2,2-4H3,(H,16,18). The topological polar surface area (TPSA) is 65.5 Å². The molecule has 0 atom stereocenters. The van der Waals surface area contributed by atoms with Gasteiger partial charge in [0.1, 0.15) is 11.4 Å². The average molecular weight is 295 g/mol. The van der Waals surface area contributed by atoms with Crippen molar-refractivity contribution >= 4 is 5.82 Å². The molecule has 1 heterocycles. The Kier molecular flexibility index (Phi) is 8.38. The molecule has 0 aromatic carbocycles. The summed E-state index contributed by atoms with van der Waals surface area (Å²) in [5.41, 5.74) is 0.828. The van der Waals surface area contributed by atoms with Gasteiger partial charge in [-0.05, 0) is 26.7 Å². The zero-order valence-corrected chi connectivity index (χ0v) is 13.1. The van der Waals surface area contributed by atoms with Crippen LogP contribution in [0.1, 0.15) is 26.0 Å². The molecule has 1 N–H and O–H groups in total. The first kappa shape index (κ1) is 17.4. The van der Waals surface area contributed by atoms with Gasteiger partial charge in [0.25, 0.3) is 0 Å². The molecular weight excluding hydrogens is 270 g/mol. The smallest absolute Gasteiger partial charge is 0.174 e. The molecule has 0 aliphatic carbocycles. The third-order valence-corrected chi connectivity index (χ3v) is 2.79. The summed E-state index contributed by atoms with van der Waals surface area (Å²) in [5, 5.41) is 11.5. The molecule has 6 nitrogen and oxygen atoms in total. The maximum absolute atomic E-state index is 5.46. The van der Waals surface area contributed by atoms with Gasteiger partial charge in [-0.2, -0.15) is 0 Å². The Morgan fingerprint density at radius 1 is 1.29 bits per heavy atom. The molecular formula is C15H25N3O3. The minimum Gasteiger partial charge on any atom is -0.495 e. The molecule has 1 aromatic heterocycles. The second kappa shape index (κ2) is 10.1. The lowest BCUT2D eigenvalue weighted by Gasteiger charge is -2.17. The number of methoxy groups -OCH3 is 1. The van der Waals surface area contributed by atoms with E-state index in [-0.39, 0.29) is 6.29 Å². The molecule has 21 heavy (non-hydrogen) atoms. The molecule has 0 radical (unpaired) electrons. The lowest BCUT2D eigenvalue weighted by atomic mass is 10.2. The minimum atomic E-state index is -0.298. The zero-order valence-electron chi connectivity index (χ0n) is 13.1. The van der Waals surface area contributed by atoms with Gasteiger partial charge in [0.15, 0.2) is 12.1 Å². The van der Waals surface area contributed by atoms with Crippen LogP contribution in [0.5, 0.6) is 5.75 Å². The van der Waals surface area contributed by atoms with Gasteiger partial charge < -0.3 is 19.5 Å². The molecule has 0 aliphatic rings. The summed E-state index contributed by atoms with van der Waals surface area (Å²) in [5.74, 6) is 1.36. The summed E-state index contributed by atoms with van der Waals surface area (Å²) in [6.45, 7) is 9.27. The van der Waals surface area contributed by atoms with Crippen molar-refractivity contribution in [1.29, 1.82) is 0 Å². The predicted molar refractivity (Wildman–Crippen MR) is 82.6 cm³/mol. The molecule has 0 amide bonds. The van der Waals surface area contributed by atoms with Crippen LogP contribution in [-0.4, -0.2) is 43.4 Å². The fourth-order valence-electron chi connectivity index (χ4n) is 1.80. The monoisotopic (exact) mass is 295 g/mol. The Bertz CT molecular complexity index is 421. The number of hydrogen-bond acceptors (Lipinski definition) is 6. The maximum Gasteiger partial charge on any atom is 0.174 e. The van der Waals surface area contributed by atoms with Gasteiger partial charge in [0.05, 0.1) is 13.7 Å². The Morgan fingerprint density at radius 2 is 2.00 bits per heavy atom. The van der Waals surface area contributed by atoms with E-state index in [1.165, 1.54) is 0 Å². The second-order valence-electron chi connectivity index (χ2n) is 4.29. The maximum atomic E-state index is 5.46. The number of hydrogen-bond donors (Lipinski definition) is 1. The van der Waals surface area contributed by atoms with E-state index in [9.17, 15) is 0 Å². The predicted octanol–water partition coefficient (Wildman–Crippen LogP) is 2.41. The first-order chi connectivity index (χ1) is 10.2. The number of aromatic nitrogens is 2. The highest BCUT2D eigenvalue weighted by Crippen LogP contribution is 2.20. The quantitative estimate of drug-likeness (QED) is 0.499. The van der Waals surface area contributed by atoms with Crippen LogP contribution in [0.4, 0.5) is 5.82 Å². The SMILES string of the molecule is C=CCCc1nnc(NCC(OCC)OCC)cc1OC. The van der Waals surface area contributed by atoms with Gasteiger partial charge in [0, 0.05) is 19.3 Å². The first-order valence-electron chi connectivity index (χ1n) is 7.23. The van der Waals surface area contributed by atoms with Crippen molar-refractivity contribution in [2.75, 3.05) is 32.2 Å². The van der Waals surface area contributed by atoms with Crippen LogP contribution in [0.25, 0.3) is 0 Å². The van der Waals surface area contributed by atoms with Gasteiger partial charge in [-0.3, -0.25) is 0 Å². The molecule has 0 unspecified atom stereocenters.